The molecule has 6 heteroatoms. The third kappa shape index (κ3) is 49.5. The minimum atomic E-state index is -0.813. The van der Waals surface area contributed by atoms with Gasteiger partial charge in [-0.05, 0) is 103 Å². The van der Waals surface area contributed by atoms with E-state index < -0.39 is 6.10 Å². The van der Waals surface area contributed by atoms with Gasteiger partial charge < -0.3 is 14.2 Å². The first-order valence-electron chi connectivity index (χ1n) is 26.1. The normalized spacial score (nSPS) is 12.7. The van der Waals surface area contributed by atoms with Crippen LogP contribution in [0.5, 0.6) is 0 Å². The number of hydrogen-bond donors (Lipinski definition) is 0. The van der Waals surface area contributed by atoms with Crippen LogP contribution in [-0.2, 0) is 28.6 Å². The Balaban J connectivity index is 4.45. The molecule has 0 aliphatic rings. The Morgan fingerprint density at radius 2 is 0.651 bits per heavy atom. The van der Waals surface area contributed by atoms with E-state index in [0.29, 0.717) is 19.3 Å². The van der Waals surface area contributed by atoms with Crippen LogP contribution in [0.3, 0.4) is 0 Å². The first-order valence-corrected chi connectivity index (χ1v) is 26.1. The van der Waals surface area contributed by atoms with Gasteiger partial charge in [0.1, 0.15) is 13.2 Å². The maximum Gasteiger partial charge on any atom is 0.306 e. The predicted octanol–water partition coefficient (Wildman–Crippen LogP) is 17.2. The third-order valence-electron chi connectivity index (χ3n) is 10.9. The van der Waals surface area contributed by atoms with Gasteiger partial charge in [-0.3, -0.25) is 14.4 Å². The fourth-order valence-corrected chi connectivity index (χ4v) is 6.92. The van der Waals surface area contributed by atoms with Crippen LogP contribution in [0.2, 0.25) is 0 Å². The van der Waals surface area contributed by atoms with Crippen LogP contribution in [0.25, 0.3) is 0 Å². The van der Waals surface area contributed by atoms with Crippen molar-refractivity contribution in [3.8, 4) is 0 Å². The van der Waals surface area contributed by atoms with Crippen LogP contribution in [0.15, 0.2) is 85.1 Å². The third-order valence-corrected chi connectivity index (χ3v) is 10.9. The van der Waals surface area contributed by atoms with Crippen LogP contribution in [0.1, 0.15) is 239 Å². The Labute approximate surface area is 388 Å². The molecule has 0 aromatic heterocycles. The Morgan fingerprint density at radius 1 is 0.333 bits per heavy atom. The van der Waals surface area contributed by atoms with E-state index in [2.05, 4.69) is 106 Å². The average molecular weight is 877 g/mol. The van der Waals surface area contributed by atoms with Gasteiger partial charge in [0.05, 0.1) is 0 Å². The summed E-state index contributed by atoms with van der Waals surface area (Å²) in [7, 11) is 0. The van der Waals surface area contributed by atoms with Gasteiger partial charge in [0.2, 0.25) is 0 Å². The van der Waals surface area contributed by atoms with Crippen molar-refractivity contribution in [3.63, 3.8) is 0 Å². The van der Waals surface area contributed by atoms with E-state index in [1.54, 1.807) is 0 Å². The van der Waals surface area contributed by atoms with Crippen molar-refractivity contribution in [2.75, 3.05) is 13.2 Å². The van der Waals surface area contributed by atoms with Gasteiger partial charge in [-0.1, -0.05) is 202 Å². The Morgan fingerprint density at radius 3 is 1.08 bits per heavy atom. The lowest BCUT2D eigenvalue weighted by Crippen LogP contribution is -2.30. The van der Waals surface area contributed by atoms with Crippen LogP contribution in [0, 0.1) is 0 Å². The van der Waals surface area contributed by atoms with Crippen molar-refractivity contribution >= 4 is 17.9 Å². The summed E-state index contributed by atoms with van der Waals surface area (Å²) in [4.78, 5) is 37.9. The first kappa shape index (κ1) is 59.6. The molecule has 0 heterocycles. The molecular weight excluding hydrogens is 781 g/mol. The van der Waals surface area contributed by atoms with Crippen molar-refractivity contribution < 1.29 is 28.6 Å². The zero-order valence-electron chi connectivity index (χ0n) is 41.1. The minimum Gasteiger partial charge on any atom is -0.462 e. The molecular formula is C57H96O6. The maximum absolute atomic E-state index is 12.8. The SMILES string of the molecule is CC/C=C\C/C=C\C/C=C\C/C=C\C/C=C\CCCC(=O)OC(COC(=O)CCCCCC/C=C\CCCC)COC(=O)CCCCCCC/C=C\CCCCCCCCCCC. The topological polar surface area (TPSA) is 78.9 Å². The lowest BCUT2D eigenvalue weighted by atomic mass is 10.1. The number of rotatable bonds is 46. The number of carbonyl (C=O) groups excluding carboxylic acids is 3. The van der Waals surface area contributed by atoms with E-state index in [0.717, 1.165) is 103 Å². The summed E-state index contributed by atoms with van der Waals surface area (Å²) in [5.41, 5.74) is 0. The van der Waals surface area contributed by atoms with E-state index in [1.807, 2.05) is 0 Å². The molecule has 0 aromatic carbocycles. The predicted molar refractivity (Wildman–Crippen MR) is 270 cm³/mol. The van der Waals surface area contributed by atoms with Crippen LogP contribution >= 0.6 is 0 Å². The number of ether oxygens (including phenoxy) is 3. The smallest absolute Gasteiger partial charge is 0.306 e. The Kier molecular flexibility index (Phi) is 48.5. The number of carbonyl (C=O) groups is 3. The van der Waals surface area contributed by atoms with Crippen molar-refractivity contribution in [3.05, 3.63) is 85.1 Å². The van der Waals surface area contributed by atoms with Crippen LogP contribution < -0.4 is 0 Å². The van der Waals surface area contributed by atoms with Gasteiger partial charge in [0.25, 0.3) is 0 Å². The zero-order valence-corrected chi connectivity index (χ0v) is 41.1. The summed E-state index contributed by atoms with van der Waals surface area (Å²) < 4.78 is 16.7. The molecule has 63 heavy (non-hydrogen) atoms. The number of unbranched alkanes of at least 4 members (excludes halogenated alkanes) is 21. The van der Waals surface area contributed by atoms with Gasteiger partial charge >= 0.3 is 17.9 Å². The molecule has 6 nitrogen and oxygen atoms in total. The molecule has 1 unspecified atom stereocenters. The van der Waals surface area contributed by atoms with Crippen molar-refractivity contribution in [1.29, 1.82) is 0 Å². The highest BCUT2D eigenvalue weighted by Crippen LogP contribution is 2.13. The van der Waals surface area contributed by atoms with Crippen molar-refractivity contribution in [1.82, 2.24) is 0 Å². The molecule has 360 valence electrons. The molecule has 0 radical (unpaired) electrons. The molecule has 0 aliphatic carbocycles. The molecule has 0 spiro atoms. The maximum atomic E-state index is 12.8. The van der Waals surface area contributed by atoms with Gasteiger partial charge in [0.15, 0.2) is 6.10 Å². The first-order chi connectivity index (χ1) is 31.0. The largest absolute Gasteiger partial charge is 0.462 e. The van der Waals surface area contributed by atoms with E-state index in [-0.39, 0.29) is 37.5 Å². The van der Waals surface area contributed by atoms with Crippen LogP contribution in [0.4, 0.5) is 0 Å². The van der Waals surface area contributed by atoms with Crippen molar-refractivity contribution in [2.45, 2.75) is 245 Å². The summed E-state index contributed by atoms with van der Waals surface area (Å²) in [5.74, 6) is -0.989. The molecule has 0 bridgehead atoms. The monoisotopic (exact) mass is 877 g/mol. The summed E-state index contributed by atoms with van der Waals surface area (Å²) in [5, 5.41) is 0. The van der Waals surface area contributed by atoms with E-state index in [9.17, 15) is 14.4 Å². The highest BCUT2D eigenvalue weighted by molar-refractivity contribution is 5.71. The summed E-state index contributed by atoms with van der Waals surface area (Å²) in [6, 6.07) is 0. The molecule has 0 amide bonds. The second-order valence-corrected chi connectivity index (χ2v) is 17.0. The standard InChI is InChI=1S/C57H96O6/c1-4-7-10-13-16-19-22-24-26-28-30-31-33-35-38-41-44-47-50-56(59)62-53-54(52-61-55(58)49-46-43-40-37-21-18-15-12-9-6-3)63-57(60)51-48-45-42-39-36-34-32-29-27-25-23-20-17-14-11-8-5-2/h8,11,15,17-18,20,25,27,30-32,34,39,42,54H,4-7,9-10,12-14,16,19,21-24,26,28-29,33,35-38,40-41,43-53H2,1-3H3/b11-8-,18-15-,20-17-,27-25-,31-30-,34-32-,42-39-. The van der Waals surface area contributed by atoms with Crippen molar-refractivity contribution in [2.24, 2.45) is 0 Å². The highest BCUT2D eigenvalue weighted by atomic mass is 16.6. The molecule has 0 saturated heterocycles. The molecule has 0 rings (SSSR count). The average Bonchev–Trinajstić information content (AvgIpc) is 3.28. The molecule has 0 fully saturated rings. The zero-order chi connectivity index (χ0) is 45.8. The summed E-state index contributed by atoms with van der Waals surface area (Å²) in [6.45, 7) is 6.41. The lowest BCUT2D eigenvalue weighted by Gasteiger charge is -2.18. The van der Waals surface area contributed by atoms with Gasteiger partial charge in [0, 0.05) is 19.3 Å². The molecule has 0 aliphatic heterocycles. The highest BCUT2D eigenvalue weighted by Gasteiger charge is 2.19. The fourth-order valence-electron chi connectivity index (χ4n) is 6.92. The molecule has 1 atom stereocenters. The van der Waals surface area contributed by atoms with Gasteiger partial charge in [-0.2, -0.15) is 0 Å². The summed E-state index contributed by atoms with van der Waals surface area (Å²) in [6.07, 6.45) is 65.8. The molecule has 0 aromatic rings. The van der Waals surface area contributed by atoms with E-state index in [4.69, 9.17) is 14.2 Å². The lowest BCUT2D eigenvalue weighted by molar-refractivity contribution is -0.167. The van der Waals surface area contributed by atoms with Gasteiger partial charge in [-0.25, -0.2) is 0 Å². The second-order valence-electron chi connectivity index (χ2n) is 17.0. The van der Waals surface area contributed by atoms with Gasteiger partial charge in [-0.15, -0.1) is 0 Å². The Bertz CT molecular complexity index is 1240. The molecule has 0 N–H and O–H groups in total. The summed E-state index contributed by atoms with van der Waals surface area (Å²) >= 11 is 0. The minimum absolute atomic E-state index is 0.107. The van der Waals surface area contributed by atoms with E-state index in [1.165, 1.54) is 89.9 Å². The number of allylic oxidation sites excluding steroid dienone is 14. The quantitative estimate of drug-likeness (QED) is 0.0262. The number of esters is 3. The van der Waals surface area contributed by atoms with Crippen LogP contribution in [-0.4, -0.2) is 37.2 Å². The molecule has 0 saturated carbocycles. The fraction of sp³-hybridized carbons (Fsp3) is 0.702. The number of hydrogen-bond acceptors (Lipinski definition) is 6. The second kappa shape index (κ2) is 51.2. The van der Waals surface area contributed by atoms with E-state index >= 15 is 0 Å². The Hall–Kier alpha value is -3.41.